The fourth-order valence-electron chi connectivity index (χ4n) is 2.89. The van der Waals surface area contributed by atoms with Gasteiger partial charge in [0.05, 0.1) is 0 Å². The molecule has 2 heterocycles. The minimum Gasteiger partial charge on any atom is -0.404 e. The Morgan fingerprint density at radius 1 is 1.57 bits per heavy atom. The van der Waals surface area contributed by atoms with E-state index in [9.17, 15) is 4.57 Å². The molecule has 1 saturated heterocycles. The number of phosphoric ester groups is 1. The molecule has 0 bridgehead atoms. The van der Waals surface area contributed by atoms with E-state index < -0.39 is 14.8 Å². The average Bonchev–Trinajstić information content (AvgIpc) is 3.05. The minimum atomic E-state index is -4.68. The molecule has 0 saturated carbocycles. The molecule has 1 aliphatic rings. The number of likely N-dealkylation sites (N-methyl/N-ethyl adjacent to an activating group) is 1. The van der Waals surface area contributed by atoms with Gasteiger partial charge in [0.2, 0.25) is 0 Å². The Kier molecular flexibility index (Phi) is 2.93. The molecule has 1 fully saturated rings. The molecule has 1 aliphatic heterocycles. The van der Waals surface area contributed by atoms with Gasteiger partial charge in [0, 0.05) is 27.3 Å². The van der Waals surface area contributed by atoms with Gasteiger partial charge in [-0.05, 0) is 50.5 Å². The van der Waals surface area contributed by atoms with Crippen LogP contribution in [0.1, 0.15) is 22.5 Å². The van der Waals surface area contributed by atoms with E-state index in [4.69, 9.17) is 18.4 Å². The van der Waals surface area contributed by atoms with Crippen LogP contribution in [-0.4, -0.2) is 39.2 Å². The van der Waals surface area contributed by atoms with Crippen LogP contribution in [0.3, 0.4) is 0 Å². The maximum absolute atomic E-state index is 11.2. The van der Waals surface area contributed by atoms with Crippen molar-refractivity contribution in [2.75, 3.05) is 13.5 Å². The molecule has 1 atom stereocenters. The van der Waals surface area contributed by atoms with E-state index in [1.807, 2.05) is 0 Å². The van der Waals surface area contributed by atoms with Crippen LogP contribution in [-0.2, 0) is 11.0 Å². The molecule has 1 aromatic heterocycles. The van der Waals surface area contributed by atoms with Crippen LogP contribution in [0, 0.1) is 0 Å². The molecular formula is C14H19N2O4P. The fraction of sp³-hybridized carbons (Fsp3) is 0.429. The van der Waals surface area contributed by atoms with E-state index in [-0.39, 0.29) is 11.8 Å². The van der Waals surface area contributed by atoms with Gasteiger partial charge in [-0.3, -0.25) is 9.79 Å². The zero-order chi connectivity index (χ0) is 17.5. The van der Waals surface area contributed by atoms with Crippen molar-refractivity contribution in [3.05, 3.63) is 30.0 Å². The zero-order valence-electron chi connectivity index (χ0n) is 14.3. The summed E-state index contributed by atoms with van der Waals surface area (Å²) in [6.07, 6.45) is 3.80. The second-order valence-electron chi connectivity index (χ2n) is 5.27. The second-order valence-corrected chi connectivity index (χ2v) is 6.43. The number of phosphoric acid groups is 1. The highest BCUT2D eigenvalue weighted by Gasteiger charge is 2.24. The van der Waals surface area contributed by atoms with Crippen LogP contribution in [0.4, 0.5) is 0 Å². The lowest BCUT2D eigenvalue weighted by Gasteiger charge is -2.19. The summed E-state index contributed by atoms with van der Waals surface area (Å²) in [5, 5.41) is 0.582. The van der Waals surface area contributed by atoms with Crippen molar-refractivity contribution in [2.24, 2.45) is 0 Å². The van der Waals surface area contributed by atoms with Crippen molar-refractivity contribution in [1.29, 1.82) is 0 Å². The molecule has 2 aromatic rings. The van der Waals surface area contributed by atoms with Crippen molar-refractivity contribution in [1.82, 2.24) is 9.88 Å². The summed E-state index contributed by atoms with van der Waals surface area (Å²) in [6, 6.07) is 4.77. The predicted octanol–water partition coefficient (Wildman–Crippen LogP) is 2.28. The van der Waals surface area contributed by atoms with E-state index in [2.05, 4.69) is 4.98 Å². The monoisotopic (exact) mass is 313 g/mol. The van der Waals surface area contributed by atoms with Crippen molar-refractivity contribution in [3.8, 4) is 5.75 Å². The molecule has 114 valence electrons. The van der Waals surface area contributed by atoms with Crippen molar-refractivity contribution >= 4 is 18.7 Å². The van der Waals surface area contributed by atoms with Gasteiger partial charge in [0.25, 0.3) is 0 Å². The summed E-state index contributed by atoms with van der Waals surface area (Å²) in [5.74, 6) is 0.0931. The standard InChI is InChI=1S/C14H19N2O4P/c1-16-7-3-4-11(16)8-10-9-15-12-5-2-6-13(14(10)12)20-21(17,18)19/h2,5-6,9,11,15H,3-4,7-8H2,1H3,(H2,17,18,19)/t11-/m1/s1/i1D3. The summed E-state index contributed by atoms with van der Waals surface area (Å²) in [7, 11) is -4.68. The lowest BCUT2D eigenvalue weighted by molar-refractivity contribution is 0.284. The van der Waals surface area contributed by atoms with E-state index in [0.717, 1.165) is 18.4 Å². The largest absolute Gasteiger partial charge is 0.524 e. The molecule has 1 aromatic carbocycles. The van der Waals surface area contributed by atoms with Crippen LogP contribution in [0.15, 0.2) is 24.4 Å². The first-order chi connectivity index (χ1) is 11.1. The van der Waals surface area contributed by atoms with Gasteiger partial charge in [-0.1, -0.05) is 6.07 Å². The van der Waals surface area contributed by atoms with E-state index in [0.29, 0.717) is 23.9 Å². The first-order valence-corrected chi connectivity index (χ1v) is 8.29. The van der Waals surface area contributed by atoms with Crippen molar-refractivity contribution in [3.63, 3.8) is 0 Å². The van der Waals surface area contributed by atoms with E-state index in [1.165, 1.54) is 11.0 Å². The van der Waals surface area contributed by atoms with Crippen LogP contribution in [0.25, 0.3) is 10.9 Å². The average molecular weight is 313 g/mol. The molecule has 6 nitrogen and oxygen atoms in total. The normalized spacial score (nSPS) is 23.0. The van der Waals surface area contributed by atoms with Crippen molar-refractivity contribution in [2.45, 2.75) is 25.3 Å². The third-order valence-electron chi connectivity index (χ3n) is 3.80. The van der Waals surface area contributed by atoms with E-state index in [1.54, 1.807) is 18.3 Å². The molecule has 0 amide bonds. The van der Waals surface area contributed by atoms with Gasteiger partial charge in [0.15, 0.2) is 0 Å². The number of fused-ring (bicyclic) bond motifs is 1. The summed E-state index contributed by atoms with van der Waals surface area (Å²) in [4.78, 5) is 22.7. The highest BCUT2D eigenvalue weighted by Crippen LogP contribution is 2.42. The molecule has 3 rings (SSSR count). The Balaban J connectivity index is 1.94. The number of likely N-dealkylation sites (tertiary alicyclic amines) is 1. The predicted molar refractivity (Wildman–Crippen MR) is 80.3 cm³/mol. The third-order valence-corrected chi connectivity index (χ3v) is 4.23. The smallest absolute Gasteiger partial charge is 0.404 e. The number of H-pyrrole nitrogens is 1. The Bertz CT molecular complexity index is 786. The highest BCUT2D eigenvalue weighted by atomic mass is 31.2. The van der Waals surface area contributed by atoms with Crippen LogP contribution >= 0.6 is 7.82 Å². The second kappa shape index (κ2) is 5.46. The Morgan fingerprint density at radius 2 is 2.43 bits per heavy atom. The summed E-state index contributed by atoms with van der Waals surface area (Å²) < 4.78 is 38.9. The first kappa shape index (κ1) is 11.3. The summed E-state index contributed by atoms with van der Waals surface area (Å²) >= 11 is 0. The topological polar surface area (TPSA) is 85.8 Å². The lowest BCUT2D eigenvalue weighted by atomic mass is 10.0. The van der Waals surface area contributed by atoms with Gasteiger partial charge in [0.1, 0.15) is 5.75 Å². The number of hydrogen-bond donors (Lipinski definition) is 3. The molecule has 3 N–H and O–H groups in total. The molecular weight excluding hydrogens is 291 g/mol. The van der Waals surface area contributed by atoms with Crippen LogP contribution in [0.5, 0.6) is 5.75 Å². The SMILES string of the molecule is [2H]C([2H])([2H])N1CCC[C@@H]1Cc1c[nH]c2cccc(OP(=O)(O)O)c12. The number of benzene rings is 1. The van der Waals surface area contributed by atoms with Crippen LogP contribution in [0.2, 0.25) is 0 Å². The van der Waals surface area contributed by atoms with E-state index >= 15 is 0 Å². The minimum absolute atomic E-state index is 0.0931. The number of hydrogen-bond acceptors (Lipinski definition) is 3. The maximum atomic E-state index is 11.2. The molecule has 0 unspecified atom stereocenters. The Morgan fingerprint density at radius 3 is 3.19 bits per heavy atom. The molecule has 7 heteroatoms. The van der Waals surface area contributed by atoms with Crippen molar-refractivity contribution < 1.29 is 23.0 Å². The van der Waals surface area contributed by atoms with Gasteiger partial charge < -0.3 is 14.4 Å². The van der Waals surface area contributed by atoms with Gasteiger partial charge >= 0.3 is 7.82 Å². The van der Waals surface area contributed by atoms with Crippen LogP contribution < -0.4 is 4.52 Å². The maximum Gasteiger partial charge on any atom is 0.524 e. The highest BCUT2D eigenvalue weighted by molar-refractivity contribution is 7.46. The lowest BCUT2D eigenvalue weighted by Crippen LogP contribution is -2.26. The molecule has 0 aliphatic carbocycles. The van der Waals surface area contributed by atoms with Gasteiger partial charge in [-0.2, -0.15) is 0 Å². The summed E-state index contributed by atoms with van der Waals surface area (Å²) in [5.41, 5.74) is 1.48. The van der Waals surface area contributed by atoms with Gasteiger partial charge in [-0.15, -0.1) is 0 Å². The number of nitrogens with zero attached hydrogens (tertiary/aromatic N) is 1. The van der Waals surface area contributed by atoms with Gasteiger partial charge in [-0.25, -0.2) is 4.57 Å². The number of rotatable bonds is 4. The first-order valence-electron chi connectivity index (χ1n) is 8.26. The number of aromatic nitrogens is 1. The zero-order valence-corrected chi connectivity index (χ0v) is 12.2. The quantitative estimate of drug-likeness (QED) is 0.754. The molecule has 0 spiro atoms. The number of aromatic amines is 1. The third kappa shape index (κ3) is 3.14. The fourth-order valence-corrected chi connectivity index (χ4v) is 3.29. The number of nitrogens with one attached hydrogen (secondary N) is 1. The Labute approximate surface area is 127 Å². The Hall–Kier alpha value is -1.33. The molecule has 21 heavy (non-hydrogen) atoms. The molecule has 0 radical (unpaired) electrons. The summed E-state index contributed by atoms with van der Waals surface area (Å²) in [6.45, 7) is -1.62.